The lowest BCUT2D eigenvalue weighted by molar-refractivity contribution is -0.0116. The number of methoxy groups -OCH3 is 1. The molecule has 3 aliphatic heterocycles. The van der Waals surface area contributed by atoms with E-state index in [0.717, 1.165) is 62.8 Å². The maximum atomic E-state index is 12.9. The van der Waals surface area contributed by atoms with Crippen LogP contribution in [0, 0.1) is 0 Å². The normalized spacial score (nSPS) is 19.4. The van der Waals surface area contributed by atoms with Crippen LogP contribution in [0.15, 0.2) is 42.6 Å². The molecule has 0 bridgehead atoms. The van der Waals surface area contributed by atoms with Gasteiger partial charge in [0, 0.05) is 51.5 Å². The Morgan fingerprint density at radius 2 is 2.00 bits per heavy atom. The Balaban J connectivity index is 1.21. The van der Waals surface area contributed by atoms with Gasteiger partial charge in [0.2, 0.25) is 5.95 Å². The van der Waals surface area contributed by atoms with Crippen LogP contribution in [0.3, 0.4) is 0 Å². The van der Waals surface area contributed by atoms with Gasteiger partial charge in [0.1, 0.15) is 10.8 Å². The van der Waals surface area contributed by atoms with Crippen LogP contribution >= 0.6 is 11.6 Å². The van der Waals surface area contributed by atoms with E-state index in [9.17, 15) is 4.79 Å². The molecule has 0 aliphatic carbocycles. The maximum Gasteiger partial charge on any atom is 0.255 e. The summed E-state index contributed by atoms with van der Waals surface area (Å²) < 4.78 is 11.4. The van der Waals surface area contributed by atoms with Crippen molar-refractivity contribution in [1.82, 2.24) is 19.8 Å². The van der Waals surface area contributed by atoms with E-state index in [1.807, 2.05) is 37.4 Å². The number of carbonyl (C=O) groups excluding carboxylic acids is 1. The van der Waals surface area contributed by atoms with Gasteiger partial charge in [-0.3, -0.25) is 9.69 Å². The number of likely N-dealkylation sites (N-methyl/N-ethyl adjacent to an activating group) is 1. The second-order valence-electron chi connectivity index (χ2n) is 10.1. The summed E-state index contributed by atoms with van der Waals surface area (Å²) in [6, 6.07) is 12.3. The molecule has 0 saturated carbocycles. The topological polar surface area (TPSA) is 95.1 Å². The van der Waals surface area contributed by atoms with Crippen molar-refractivity contribution in [2.75, 3.05) is 75.6 Å². The van der Waals surface area contributed by atoms with Crippen molar-refractivity contribution >= 4 is 46.3 Å². The first-order valence-corrected chi connectivity index (χ1v) is 13.6. The molecule has 11 heteroatoms. The maximum absolute atomic E-state index is 12.9. The molecule has 39 heavy (non-hydrogen) atoms. The summed E-state index contributed by atoms with van der Waals surface area (Å²) >= 11 is 6.46. The van der Waals surface area contributed by atoms with Crippen molar-refractivity contribution in [2.24, 2.45) is 0 Å². The third-order valence-corrected chi connectivity index (χ3v) is 7.94. The van der Waals surface area contributed by atoms with Crippen molar-refractivity contribution in [3.63, 3.8) is 0 Å². The number of rotatable bonds is 6. The highest BCUT2D eigenvalue weighted by Crippen LogP contribution is 2.34. The number of halogens is 1. The van der Waals surface area contributed by atoms with Crippen molar-refractivity contribution in [1.29, 1.82) is 0 Å². The Bertz CT molecular complexity index is 1390. The number of anilines is 5. The SMILES string of the molecule is COc1cc(N2CCN3CCOC[C@@H]3C2)ccc1Nc1ncc(Cl)c(Nc2cccc3c2C(=O)N(C)CC3)n1. The highest BCUT2D eigenvalue weighted by atomic mass is 35.5. The number of morpholine rings is 1. The van der Waals surface area contributed by atoms with E-state index < -0.39 is 0 Å². The number of carbonyl (C=O) groups is 1. The molecule has 1 aromatic heterocycles. The van der Waals surface area contributed by atoms with Crippen LogP contribution < -0.4 is 20.3 Å². The summed E-state index contributed by atoms with van der Waals surface area (Å²) in [4.78, 5) is 28.5. The number of hydrogen-bond acceptors (Lipinski definition) is 9. The van der Waals surface area contributed by atoms with Gasteiger partial charge < -0.3 is 29.9 Å². The van der Waals surface area contributed by atoms with Gasteiger partial charge in [0.15, 0.2) is 5.82 Å². The number of hydrogen-bond donors (Lipinski definition) is 2. The molecule has 2 aromatic carbocycles. The number of ether oxygens (including phenoxy) is 2. The zero-order chi connectivity index (χ0) is 26.9. The summed E-state index contributed by atoms with van der Waals surface area (Å²) in [5.74, 6) is 1.43. The first-order valence-electron chi connectivity index (χ1n) is 13.2. The highest BCUT2D eigenvalue weighted by Gasteiger charge is 2.30. The van der Waals surface area contributed by atoms with Gasteiger partial charge in [-0.15, -0.1) is 0 Å². The fourth-order valence-electron chi connectivity index (χ4n) is 5.47. The fraction of sp³-hybridized carbons (Fsp3) is 0.393. The molecule has 0 radical (unpaired) electrons. The second kappa shape index (κ2) is 10.9. The lowest BCUT2D eigenvalue weighted by atomic mass is 9.97. The molecule has 10 nitrogen and oxygen atoms in total. The third kappa shape index (κ3) is 5.19. The number of nitrogens with zero attached hydrogens (tertiary/aromatic N) is 5. The third-order valence-electron chi connectivity index (χ3n) is 7.66. The standard InChI is InChI=1S/C28H32ClN7O3/c1-34-9-8-18-4-3-5-23(25(18)27(34)37)31-26-21(29)15-30-28(33-26)32-22-7-6-19(14-24(22)38-2)36-11-10-35-12-13-39-17-20(35)16-36/h3-7,14-15,20H,8-13,16-17H2,1-2H3,(H2,30,31,32,33)/t20-/m0/s1. The van der Waals surface area contributed by atoms with E-state index in [4.69, 9.17) is 21.1 Å². The zero-order valence-electron chi connectivity index (χ0n) is 22.1. The summed E-state index contributed by atoms with van der Waals surface area (Å²) in [5, 5.41) is 6.87. The number of aromatic nitrogens is 2. The first-order chi connectivity index (χ1) is 19.0. The molecule has 0 unspecified atom stereocenters. The van der Waals surface area contributed by atoms with Crippen LogP contribution in [0.25, 0.3) is 0 Å². The first kappa shape index (κ1) is 25.7. The number of benzene rings is 2. The molecule has 3 aliphatic rings. The van der Waals surface area contributed by atoms with E-state index in [-0.39, 0.29) is 5.91 Å². The summed E-state index contributed by atoms with van der Waals surface area (Å²) in [6.45, 7) is 6.20. The van der Waals surface area contributed by atoms with Crippen LogP contribution in [-0.4, -0.2) is 91.8 Å². The summed E-state index contributed by atoms with van der Waals surface area (Å²) in [6.07, 6.45) is 2.34. The molecule has 0 spiro atoms. The van der Waals surface area contributed by atoms with E-state index >= 15 is 0 Å². The van der Waals surface area contributed by atoms with Crippen LogP contribution in [0.4, 0.5) is 28.8 Å². The van der Waals surface area contributed by atoms with Gasteiger partial charge in [-0.05, 0) is 30.2 Å². The zero-order valence-corrected chi connectivity index (χ0v) is 22.9. The monoisotopic (exact) mass is 549 g/mol. The number of fused-ring (bicyclic) bond motifs is 2. The highest BCUT2D eigenvalue weighted by molar-refractivity contribution is 6.33. The lowest BCUT2D eigenvalue weighted by Crippen LogP contribution is -2.58. The molecule has 1 atom stereocenters. The van der Waals surface area contributed by atoms with Gasteiger partial charge in [-0.25, -0.2) is 4.98 Å². The Morgan fingerprint density at radius 3 is 2.87 bits per heavy atom. The molecular weight excluding hydrogens is 518 g/mol. The molecule has 3 aromatic rings. The average molecular weight is 550 g/mol. The van der Waals surface area contributed by atoms with Gasteiger partial charge in [0.05, 0.1) is 49.5 Å². The predicted molar refractivity (Wildman–Crippen MR) is 152 cm³/mol. The van der Waals surface area contributed by atoms with Crippen LogP contribution in [0.5, 0.6) is 5.75 Å². The van der Waals surface area contributed by atoms with Gasteiger partial charge in [0.25, 0.3) is 5.91 Å². The Hall–Kier alpha value is -3.60. The van der Waals surface area contributed by atoms with E-state index in [0.29, 0.717) is 46.4 Å². The van der Waals surface area contributed by atoms with Crippen LogP contribution in [0.1, 0.15) is 15.9 Å². The number of amides is 1. The van der Waals surface area contributed by atoms with E-state index in [1.54, 1.807) is 12.0 Å². The van der Waals surface area contributed by atoms with Crippen LogP contribution in [0.2, 0.25) is 5.02 Å². The molecule has 6 rings (SSSR count). The summed E-state index contributed by atoms with van der Waals surface area (Å²) in [7, 11) is 3.46. The Labute approximate surface area is 232 Å². The molecule has 4 heterocycles. The van der Waals surface area contributed by atoms with Crippen molar-refractivity contribution in [3.05, 3.63) is 58.7 Å². The molecule has 204 valence electrons. The van der Waals surface area contributed by atoms with Gasteiger partial charge >= 0.3 is 0 Å². The predicted octanol–water partition coefficient (Wildman–Crippen LogP) is 3.77. The molecule has 2 fully saturated rings. The van der Waals surface area contributed by atoms with Gasteiger partial charge in [-0.1, -0.05) is 23.7 Å². The minimum Gasteiger partial charge on any atom is -0.494 e. The Kier molecular flexibility index (Phi) is 7.16. The molecular formula is C28H32ClN7O3. The van der Waals surface area contributed by atoms with Crippen molar-refractivity contribution in [2.45, 2.75) is 12.5 Å². The van der Waals surface area contributed by atoms with Crippen LogP contribution in [-0.2, 0) is 11.2 Å². The quantitative estimate of drug-likeness (QED) is 0.476. The number of piperazine rings is 1. The van der Waals surface area contributed by atoms with E-state index in [2.05, 4.69) is 36.5 Å². The largest absolute Gasteiger partial charge is 0.494 e. The van der Waals surface area contributed by atoms with Crippen molar-refractivity contribution < 1.29 is 14.3 Å². The number of nitrogens with one attached hydrogen (secondary N) is 2. The minimum atomic E-state index is -0.0230. The molecule has 2 saturated heterocycles. The van der Waals surface area contributed by atoms with Crippen molar-refractivity contribution in [3.8, 4) is 5.75 Å². The fourth-order valence-corrected chi connectivity index (χ4v) is 5.61. The second-order valence-corrected chi connectivity index (χ2v) is 10.5. The molecule has 1 amide bonds. The smallest absolute Gasteiger partial charge is 0.255 e. The Morgan fingerprint density at radius 1 is 1.10 bits per heavy atom. The van der Waals surface area contributed by atoms with E-state index in [1.165, 1.54) is 6.20 Å². The molecule has 2 N–H and O–H groups in total. The lowest BCUT2D eigenvalue weighted by Gasteiger charge is -2.44. The summed E-state index contributed by atoms with van der Waals surface area (Å²) in [5.41, 5.74) is 4.16. The minimum absolute atomic E-state index is 0.0230. The average Bonchev–Trinajstić information content (AvgIpc) is 2.96. The van der Waals surface area contributed by atoms with Gasteiger partial charge in [-0.2, -0.15) is 4.98 Å².